The molecule has 126 valence electrons. The van der Waals surface area contributed by atoms with E-state index in [9.17, 15) is 13.2 Å². The van der Waals surface area contributed by atoms with Crippen LogP contribution < -0.4 is 4.90 Å². The molecule has 1 aliphatic rings. The molecule has 1 aromatic rings. The lowest BCUT2D eigenvalue weighted by Gasteiger charge is -2.29. The quantitative estimate of drug-likeness (QED) is 0.492. The number of hydrogen-bond donors (Lipinski definition) is 0. The molecule has 1 aromatic heterocycles. The highest BCUT2D eigenvalue weighted by Gasteiger charge is 2.28. The molecule has 2 heterocycles. The average molecular weight is 459 g/mol. The molecule has 0 bridgehead atoms. The first-order chi connectivity index (χ1) is 10.8. The van der Waals surface area contributed by atoms with Crippen LogP contribution >= 0.6 is 34.2 Å². The van der Waals surface area contributed by atoms with Crippen LogP contribution in [-0.2, 0) is 6.42 Å². The Kier molecular flexibility index (Phi) is 6.31. The smallest absolute Gasteiger partial charge is 0.353 e. The van der Waals surface area contributed by atoms with Crippen LogP contribution in [0.2, 0.25) is 5.15 Å². The number of rotatable bonds is 4. The minimum absolute atomic E-state index is 0.0188. The largest absolute Gasteiger partial charge is 0.389 e. The van der Waals surface area contributed by atoms with Crippen LogP contribution in [0.3, 0.4) is 0 Å². The van der Waals surface area contributed by atoms with Gasteiger partial charge in [-0.3, -0.25) is 0 Å². The van der Waals surface area contributed by atoms with Crippen molar-refractivity contribution in [2.45, 2.75) is 44.3 Å². The van der Waals surface area contributed by atoms with Crippen LogP contribution in [0, 0.1) is 10.3 Å². The van der Waals surface area contributed by atoms with Crippen molar-refractivity contribution in [2.75, 3.05) is 18.0 Å². The third-order valence-electron chi connectivity index (χ3n) is 3.68. The summed E-state index contributed by atoms with van der Waals surface area (Å²) in [6.45, 7) is 8.37. The van der Waals surface area contributed by atoms with Gasteiger partial charge in [0.1, 0.15) is 3.70 Å². The van der Waals surface area contributed by atoms with Crippen molar-refractivity contribution >= 4 is 40.0 Å². The van der Waals surface area contributed by atoms with Gasteiger partial charge in [0, 0.05) is 32.4 Å². The van der Waals surface area contributed by atoms with Gasteiger partial charge in [0.25, 0.3) is 0 Å². The predicted molar refractivity (Wildman–Crippen MR) is 90.6 cm³/mol. The number of nitrogens with zero attached hydrogens (tertiary/aromatic N) is 4. The van der Waals surface area contributed by atoms with E-state index < -0.39 is 12.6 Å². The number of alkyl halides is 3. The van der Waals surface area contributed by atoms with Crippen molar-refractivity contribution in [1.82, 2.24) is 9.97 Å². The van der Waals surface area contributed by atoms with Gasteiger partial charge < -0.3 is 9.74 Å². The van der Waals surface area contributed by atoms with Gasteiger partial charge in [-0.1, -0.05) is 11.6 Å². The molecule has 2 rings (SSSR count). The molecule has 4 nitrogen and oxygen atoms in total. The molecule has 0 spiro atoms. The zero-order valence-electron chi connectivity index (χ0n) is 12.2. The molecular weight excluding hydrogens is 444 g/mol. The lowest BCUT2D eigenvalue weighted by molar-refractivity contribution is -0.135. The van der Waals surface area contributed by atoms with Crippen LogP contribution in [0.5, 0.6) is 0 Å². The molecular formula is C14H15ClF3IN4. The van der Waals surface area contributed by atoms with E-state index in [0.29, 0.717) is 28.3 Å². The molecule has 0 atom stereocenters. The van der Waals surface area contributed by atoms with Crippen molar-refractivity contribution in [2.24, 2.45) is 0 Å². The maximum atomic E-state index is 12.3. The summed E-state index contributed by atoms with van der Waals surface area (Å²) in [5, 5.41) is 0.259. The zero-order valence-corrected chi connectivity index (χ0v) is 15.1. The molecule has 0 unspecified atom stereocenters. The van der Waals surface area contributed by atoms with Gasteiger partial charge in [0.2, 0.25) is 6.04 Å². The lowest BCUT2D eigenvalue weighted by Crippen LogP contribution is -2.35. The minimum Gasteiger partial charge on any atom is -0.353 e. The monoisotopic (exact) mass is 458 g/mol. The van der Waals surface area contributed by atoms with E-state index in [4.69, 9.17) is 18.2 Å². The van der Waals surface area contributed by atoms with Crippen LogP contribution in [0.15, 0.2) is 0 Å². The number of halogens is 5. The Labute approximate surface area is 151 Å². The molecule has 1 saturated heterocycles. The molecule has 0 aromatic carbocycles. The number of hydrogen-bond acceptors (Lipinski definition) is 3. The first kappa shape index (κ1) is 18.5. The average Bonchev–Trinajstić information content (AvgIpc) is 2.48. The number of aryl methyl sites for hydroxylation is 1. The first-order valence-electron chi connectivity index (χ1n) is 7.20. The Balaban J connectivity index is 2.09. The van der Waals surface area contributed by atoms with Crippen molar-refractivity contribution in [3.63, 3.8) is 0 Å². The summed E-state index contributed by atoms with van der Waals surface area (Å²) in [5.41, 5.74) is 0.543. The number of anilines is 1. The van der Waals surface area contributed by atoms with Gasteiger partial charge in [-0.2, -0.15) is 13.2 Å². The fourth-order valence-electron chi connectivity index (χ4n) is 2.44. The highest BCUT2D eigenvalue weighted by molar-refractivity contribution is 14.1. The zero-order chi connectivity index (χ0) is 17.0. The number of aromatic nitrogens is 2. The Morgan fingerprint density at radius 1 is 1.30 bits per heavy atom. The van der Waals surface area contributed by atoms with Gasteiger partial charge in [-0.05, 0) is 35.4 Å². The Morgan fingerprint density at radius 3 is 2.52 bits per heavy atom. The highest BCUT2D eigenvalue weighted by atomic mass is 127. The molecule has 0 N–H and O–H groups in total. The Morgan fingerprint density at radius 2 is 1.96 bits per heavy atom. The molecule has 0 aliphatic carbocycles. The predicted octanol–water partition coefficient (Wildman–Crippen LogP) is 4.51. The van der Waals surface area contributed by atoms with Crippen LogP contribution in [0.1, 0.15) is 31.4 Å². The standard InChI is InChI=1S/C14H15ClF3IN4/c1-20-9-4-7-23(8-5-9)13-11(15)22-12(19)10(21-13)3-2-6-14(16,17)18/h9H,2-8H2. The molecule has 9 heteroatoms. The summed E-state index contributed by atoms with van der Waals surface area (Å²) in [5.74, 6) is 0.512. The lowest BCUT2D eigenvalue weighted by atomic mass is 10.1. The normalized spacial score (nSPS) is 16.4. The second kappa shape index (κ2) is 7.83. The van der Waals surface area contributed by atoms with E-state index in [0.717, 1.165) is 12.8 Å². The maximum Gasteiger partial charge on any atom is 0.389 e. The third kappa shape index (κ3) is 5.35. The van der Waals surface area contributed by atoms with Gasteiger partial charge in [-0.25, -0.2) is 16.5 Å². The van der Waals surface area contributed by atoms with E-state index in [1.54, 1.807) is 0 Å². The van der Waals surface area contributed by atoms with E-state index in [1.807, 2.05) is 27.5 Å². The molecule has 0 amide bonds. The first-order valence-corrected chi connectivity index (χ1v) is 8.66. The Hall–Kier alpha value is -0.820. The van der Waals surface area contributed by atoms with Crippen LogP contribution in [0.4, 0.5) is 19.0 Å². The van der Waals surface area contributed by atoms with Crippen LogP contribution in [-0.4, -0.2) is 35.3 Å². The third-order valence-corrected chi connectivity index (χ3v) is 4.80. The van der Waals surface area contributed by atoms with Crippen molar-refractivity contribution < 1.29 is 13.2 Å². The summed E-state index contributed by atoms with van der Waals surface area (Å²) < 4.78 is 37.4. The van der Waals surface area contributed by atoms with E-state index in [1.165, 1.54) is 0 Å². The van der Waals surface area contributed by atoms with Crippen molar-refractivity contribution in [1.29, 1.82) is 0 Å². The minimum atomic E-state index is -4.16. The molecule has 1 aliphatic heterocycles. The topological polar surface area (TPSA) is 33.4 Å². The van der Waals surface area contributed by atoms with Gasteiger partial charge in [0.05, 0.1) is 5.69 Å². The highest BCUT2D eigenvalue weighted by Crippen LogP contribution is 2.29. The molecule has 0 radical (unpaired) electrons. The summed E-state index contributed by atoms with van der Waals surface area (Å²) >= 11 is 8.10. The summed E-state index contributed by atoms with van der Waals surface area (Å²) in [6, 6.07) is 0.0214. The van der Waals surface area contributed by atoms with E-state index >= 15 is 0 Å². The molecule has 1 fully saturated rings. The van der Waals surface area contributed by atoms with E-state index in [-0.39, 0.29) is 24.0 Å². The summed E-state index contributed by atoms with van der Waals surface area (Å²) in [7, 11) is 0. The van der Waals surface area contributed by atoms with Crippen molar-refractivity contribution in [3.05, 3.63) is 26.0 Å². The fraction of sp³-hybridized carbons (Fsp3) is 0.643. The fourth-order valence-corrected chi connectivity index (χ4v) is 3.46. The summed E-state index contributed by atoms with van der Waals surface area (Å²) in [4.78, 5) is 14.2. The number of piperidine rings is 1. The second-order valence-corrected chi connectivity index (χ2v) is 6.77. The van der Waals surface area contributed by atoms with E-state index in [2.05, 4.69) is 14.8 Å². The summed E-state index contributed by atoms with van der Waals surface area (Å²) in [6.07, 6.45) is -3.33. The SMILES string of the molecule is [C-]#[N+]C1CCN(c2nc(CCCC(F)(F)F)c(I)nc2Cl)CC1. The molecule has 0 saturated carbocycles. The van der Waals surface area contributed by atoms with Crippen LogP contribution in [0.25, 0.3) is 4.85 Å². The Bertz CT molecular complexity index is 595. The van der Waals surface area contributed by atoms with Gasteiger partial charge >= 0.3 is 6.18 Å². The van der Waals surface area contributed by atoms with Gasteiger partial charge in [-0.15, -0.1) is 0 Å². The molecule has 23 heavy (non-hydrogen) atoms. The maximum absolute atomic E-state index is 12.3. The second-order valence-electron chi connectivity index (χ2n) is 5.39. The van der Waals surface area contributed by atoms with Crippen molar-refractivity contribution in [3.8, 4) is 0 Å². The van der Waals surface area contributed by atoms with Gasteiger partial charge in [0.15, 0.2) is 11.0 Å².